The quantitative estimate of drug-likeness (QED) is 0.805. The molecule has 2 heterocycles. The van der Waals surface area contributed by atoms with E-state index < -0.39 is 10.0 Å². The fraction of sp³-hybridized carbons (Fsp3) is 0.667. The molecule has 1 aliphatic heterocycles. The van der Waals surface area contributed by atoms with Crippen LogP contribution in [0.3, 0.4) is 0 Å². The SMILES string of the molecule is CCc1ccc(S(=O)(=O)N2CCC(C)C(Cl)C2)s1. The highest BCUT2D eigenvalue weighted by Gasteiger charge is 2.33. The van der Waals surface area contributed by atoms with Gasteiger partial charge < -0.3 is 0 Å². The maximum atomic E-state index is 12.4. The van der Waals surface area contributed by atoms with Crippen molar-refractivity contribution in [2.24, 2.45) is 5.92 Å². The molecule has 0 N–H and O–H groups in total. The molecule has 3 nitrogen and oxygen atoms in total. The van der Waals surface area contributed by atoms with Crippen molar-refractivity contribution < 1.29 is 8.42 Å². The second-order valence-corrected chi connectivity index (χ2v) is 8.61. The molecule has 2 rings (SSSR count). The van der Waals surface area contributed by atoms with Gasteiger partial charge in [-0.3, -0.25) is 0 Å². The lowest BCUT2D eigenvalue weighted by molar-refractivity contribution is 0.293. The van der Waals surface area contributed by atoms with Crippen LogP contribution in [-0.2, 0) is 16.4 Å². The van der Waals surface area contributed by atoms with E-state index in [0.717, 1.165) is 17.7 Å². The average molecular weight is 308 g/mol. The molecule has 102 valence electrons. The predicted molar refractivity (Wildman–Crippen MR) is 75.9 cm³/mol. The summed E-state index contributed by atoms with van der Waals surface area (Å²) in [6, 6.07) is 3.60. The molecule has 0 amide bonds. The van der Waals surface area contributed by atoms with Gasteiger partial charge in [-0.25, -0.2) is 8.42 Å². The van der Waals surface area contributed by atoms with Gasteiger partial charge in [0.2, 0.25) is 0 Å². The molecule has 18 heavy (non-hydrogen) atoms. The Bertz CT molecular complexity index is 512. The summed E-state index contributed by atoms with van der Waals surface area (Å²) in [5.74, 6) is 0.382. The molecule has 6 heteroatoms. The fourth-order valence-corrected chi connectivity index (χ4v) is 5.33. The van der Waals surface area contributed by atoms with Gasteiger partial charge in [0.05, 0.1) is 0 Å². The molecule has 2 atom stereocenters. The largest absolute Gasteiger partial charge is 0.252 e. The third-order valence-corrected chi connectivity index (χ3v) is 7.54. The number of piperidine rings is 1. The molecule has 1 fully saturated rings. The highest BCUT2D eigenvalue weighted by atomic mass is 35.5. The zero-order chi connectivity index (χ0) is 13.3. The number of hydrogen-bond acceptors (Lipinski definition) is 3. The standard InChI is InChI=1S/C12H18ClNO2S2/c1-3-10-4-5-12(17-10)18(15,16)14-7-6-9(2)11(13)8-14/h4-5,9,11H,3,6-8H2,1-2H3. The molecule has 1 aliphatic rings. The molecule has 0 aromatic carbocycles. The Balaban J connectivity index is 2.21. The minimum atomic E-state index is -3.34. The Labute approximate surface area is 118 Å². The van der Waals surface area contributed by atoms with Crippen LogP contribution in [0.2, 0.25) is 0 Å². The van der Waals surface area contributed by atoms with Crippen molar-refractivity contribution in [1.82, 2.24) is 4.31 Å². The van der Waals surface area contributed by atoms with Crippen molar-refractivity contribution in [1.29, 1.82) is 0 Å². The van der Waals surface area contributed by atoms with Crippen LogP contribution >= 0.6 is 22.9 Å². The molecule has 2 unspecified atom stereocenters. The summed E-state index contributed by atoms with van der Waals surface area (Å²) in [6.45, 7) is 5.10. The minimum absolute atomic E-state index is 0.0841. The summed E-state index contributed by atoms with van der Waals surface area (Å²) in [5, 5.41) is -0.0841. The van der Waals surface area contributed by atoms with E-state index in [1.807, 2.05) is 13.0 Å². The highest BCUT2D eigenvalue weighted by Crippen LogP contribution is 2.30. The van der Waals surface area contributed by atoms with Crippen molar-refractivity contribution in [3.05, 3.63) is 17.0 Å². The number of alkyl halides is 1. The van der Waals surface area contributed by atoms with Crippen LogP contribution in [0.15, 0.2) is 16.3 Å². The Morgan fingerprint density at radius 2 is 2.22 bits per heavy atom. The maximum Gasteiger partial charge on any atom is 0.252 e. The van der Waals surface area contributed by atoms with Gasteiger partial charge >= 0.3 is 0 Å². The van der Waals surface area contributed by atoms with Gasteiger partial charge in [-0.05, 0) is 30.9 Å². The minimum Gasteiger partial charge on any atom is -0.206 e. The van der Waals surface area contributed by atoms with Gasteiger partial charge in [0.25, 0.3) is 10.0 Å². The lowest BCUT2D eigenvalue weighted by atomic mass is 10.0. The number of sulfonamides is 1. The van der Waals surface area contributed by atoms with Crippen LogP contribution in [0.5, 0.6) is 0 Å². The van der Waals surface area contributed by atoms with Crippen molar-refractivity contribution in [3.63, 3.8) is 0 Å². The van der Waals surface area contributed by atoms with Crippen LogP contribution in [-0.4, -0.2) is 31.2 Å². The van der Waals surface area contributed by atoms with Crippen molar-refractivity contribution in [3.8, 4) is 0 Å². The van der Waals surface area contributed by atoms with Crippen LogP contribution in [0, 0.1) is 5.92 Å². The zero-order valence-corrected chi connectivity index (χ0v) is 13.0. The highest BCUT2D eigenvalue weighted by molar-refractivity contribution is 7.91. The Morgan fingerprint density at radius 1 is 1.50 bits per heavy atom. The predicted octanol–water partition coefficient (Wildman–Crippen LogP) is 2.95. The second-order valence-electron chi connectivity index (χ2n) is 4.72. The number of aryl methyl sites for hydroxylation is 1. The van der Waals surface area contributed by atoms with Gasteiger partial charge in [-0.2, -0.15) is 4.31 Å². The molecule has 0 bridgehead atoms. The van der Waals surface area contributed by atoms with Crippen LogP contribution < -0.4 is 0 Å². The molecule has 0 spiro atoms. The molecular weight excluding hydrogens is 290 g/mol. The van der Waals surface area contributed by atoms with Gasteiger partial charge in [0.15, 0.2) is 0 Å². The number of thiophene rings is 1. The average Bonchev–Trinajstić information content (AvgIpc) is 2.81. The summed E-state index contributed by atoms with van der Waals surface area (Å²) in [5.41, 5.74) is 0. The normalized spacial score (nSPS) is 26.4. The molecule has 0 radical (unpaired) electrons. The third-order valence-electron chi connectivity index (χ3n) is 3.41. The Kier molecular flexibility index (Phi) is 4.36. The summed E-state index contributed by atoms with van der Waals surface area (Å²) in [7, 11) is -3.34. The molecule has 0 aliphatic carbocycles. The number of rotatable bonds is 3. The van der Waals surface area contributed by atoms with Gasteiger partial charge in [-0.15, -0.1) is 22.9 Å². The topological polar surface area (TPSA) is 37.4 Å². The van der Waals surface area contributed by atoms with E-state index in [2.05, 4.69) is 6.92 Å². The summed E-state index contributed by atoms with van der Waals surface area (Å²) >= 11 is 7.55. The number of halogens is 1. The van der Waals surface area contributed by atoms with E-state index in [1.54, 1.807) is 6.07 Å². The first-order valence-corrected chi connectivity index (χ1v) is 8.87. The molecule has 1 saturated heterocycles. The van der Waals surface area contributed by atoms with Crippen molar-refractivity contribution >= 4 is 33.0 Å². The maximum absolute atomic E-state index is 12.4. The summed E-state index contributed by atoms with van der Waals surface area (Å²) < 4.78 is 26.9. The van der Waals surface area contributed by atoms with Crippen molar-refractivity contribution in [2.75, 3.05) is 13.1 Å². The van der Waals surface area contributed by atoms with E-state index in [9.17, 15) is 8.42 Å². The lowest BCUT2D eigenvalue weighted by Crippen LogP contribution is -2.43. The smallest absolute Gasteiger partial charge is 0.206 e. The molecule has 1 aromatic heterocycles. The van der Waals surface area contributed by atoms with Gasteiger partial charge in [0.1, 0.15) is 4.21 Å². The third kappa shape index (κ3) is 2.74. The molecule has 0 saturated carbocycles. The molecular formula is C12H18ClNO2S2. The van der Waals surface area contributed by atoms with Gasteiger partial charge in [-0.1, -0.05) is 13.8 Å². The van der Waals surface area contributed by atoms with Crippen LogP contribution in [0.4, 0.5) is 0 Å². The van der Waals surface area contributed by atoms with E-state index in [1.165, 1.54) is 15.6 Å². The monoisotopic (exact) mass is 307 g/mol. The zero-order valence-electron chi connectivity index (χ0n) is 10.6. The van der Waals surface area contributed by atoms with Crippen LogP contribution in [0.1, 0.15) is 25.1 Å². The van der Waals surface area contributed by atoms with Crippen LogP contribution in [0.25, 0.3) is 0 Å². The Hall–Kier alpha value is -0.100. The first-order valence-electron chi connectivity index (χ1n) is 6.18. The first-order chi connectivity index (χ1) is 8.45. The first kappa shape index (κ1) is 14.3. The van der Waals surface area contributed by atoms with E-state index in [0.29, 0.717) is 23.2 Å². The van der Waals surface area contributed by atoms with E-state index in [-0.39, 0.29) is 5.38 Å². The second kappa shape index (κ2) is 5.49. The van der Waals surface area contributed by atoms with E-state index in [4.69, 9.17) is 11.6 Å². The summed E-state index contributed by atoms with van der Waals surface area (Å²) in [6.07, 6.45) is 1.70. The van der Waals surface area contributed by atoms with Crippen molar-refractivity contribution in [2.45, 2.75) is 36.3 Å². The lowest BCUT2D eigenvalue weighted by Gasteiger charge is -2.32. The fourth-order valence-electron chi connectivity index (χ4n) is 2.03. The van der Waals surface area contributed by atoms with Gasteiger partial charge in [0, 0.05) is 23.3 Å². The Morgan fingerprint density at radius 3 is 2.78 bits per heavy atom. The number of nitrogens with zero attached hydrogens (tertiary/aromatic N) is 1. The number of hydrogen-bond donors (Lipinski definition) is 0. The summed E-state index contributed by atoms with van der Waals surface area (Å²) in [4.78, 5) is 1.10. The molecule has 1 aromatic rings. The van der Waals surface area contributed by atoms with E-state index >= 15 is 0 Å².